The molecule has 0 aromatic rings. The molecule has 2 nitrogen and oxygen atoms in total. The van der Waals surface area contributed by atoms with Crippen molar-refractivity contribution in [3.05, 3.63) is 13.2 Å². The van der Waals surface area contributed by atoms with Gasteiger partial charge >= 0.3 is 0 Å². The molecule has 0 aliphatic carbocycles. The maximum atomic E-state index is 7.56. The number of aliphatic hydroxyl groups is 1. The zero-order chi connectivity index (χ0) is 5.58. The zero-order valence-electron chi connectivity index (χ0n) is 3.65. The van der Waals surface area contributed by atoms with Gasteiger partial charge in [0.1, 0.15) is 0 Å². The molecule has 47 valence electrons. The first-order valence-electron chi connectivity index (χ1n) is 1.22. The second-order valence-electron chi connectivity index (χ2n) is 0.338. The van der Waals surface area contributed by atoms with Crippen molar-refractivity contribution >= 4 is 17.4 Å². The van der Waals surface area contributed by atoms with Crippen LogP contribution in [0.3, 0.4) is 0 Å². The first kappa shape index (κ1) is 15.8. The second kappa shape index (κ2) is 16.8. The predicted octanol–water partition coefficient (Wildman–Crippen LogP) is 0.588. The molecular weight excluding hydrogens is 162 g/mol. The van der Waals surface area contributed by atoms with Gasteiger partial charge in [-0.05, 0) is 12.2 Å². The molecule has 0 saturated carbocycles. The standard InChI is InChI=1S/C2H4.CH3NOS.Cu/c1-2;2-1(3)4;/h1-2H2;(H3,2,3,4);. The van der Waals surface area contributed by atoms with Crippen LogP contribution in [0.25, 0.3) is 0 Å². The van der Waals surface area contributed by atoms with Gasteiger partial charge in [-0.1, -0.05) is 0 Å². The van der Waals surface area contributed by atoms with E-state index in [2.05, 4.69) is 31.1 Å². The molecule has 0 amide bonds. The monoisotopic (exact) mass is 168 g/mol. The van der Waals surface area contributed by atoms with E-state index in [-0.39, 0.29) is 17.1 Å². The largest absolute Gasteiger partial charge is 0.487 e. The average molecular weight is 169 g/mol. The van der Waals surface area contributed by atoms with Crippen molar-refractivity contribution < 1.29 is 22.2 Å². The summed E-state index contributed by atoms with van der Waals surface area (Å²) in [6.45, 7) is 6.00. The van der Waals surface area contributed by atoms with E-state index in [1.807, 2.05) is 0 Å². The molecule has 0 aliphatic rings. The molecule has 0 spiro atoms. The van der Waals surface area contributed by atoms with Gasteiger partial charge in [0, 0.05) is 17.1 Å². The Morgan fingerprint density at radius 3 is 1.57 bits per heavy atom. The quantitative estimate of drug-likeness (QED) is 0.316. The summed E-state index contributed by atoms with van der Waals surface area (Å²) >= 11 is 3.87. The molecule has 3 N–H and O–H groups in total. The first-order chi connectivity index (χ1) is 2.73. The van der Waals surface area contributed by atoms with Crippen LogP contribution in [0.2, 0.25) is 0 Å². The topological polar surface area (TPSA) is 46.2 Å². The van der Waals surface area contributed by atoms with Gasteiger partial charge < -0.3 is 10.8 Å². The van der Waals surface area contributed by atoms with E-state index in [1.165, 1.54) is 0 Å². The molecule has 0 unspecified atom stereocenters. The molecule has 1 radical (unpaired) electrons. The summed E-state index contributed by atoms with van der Waals surface area (Å²) in [5.74, 6) is 0. The number of hydrogen-bond acceptors (Lipinski definition) is 1. The second-order valence-corrected chi connectivity index (χ2v) is 0.757. The van der Waals surface area contributed by atoms with Crippen molar-refractivity contribution in [2.75, 3.05) is 0 Å². The third kappa shape index (κ3) is 36400. The van der Waals surface area contributed by atoms with Crippen molar-refractivity contribution in [3.8, 4) is 0 Å². The summed E-state index contributed by atoms with van der Waals surface area (Å²) in [4.78, 5) is 0. The molecule has 0 atom stereocenters. The van der Waals surface area contributed by atoms with E-state index >= 15 is 0 Å². The minimum absolute atomic E-state index is 0. The maximum absolute atomic E-state index is 7.56. The molecule has 0 aromatic heterocycles. The fourth-order valence-corrected chi connectivity index (χ4v) is 0. The Kier molecular flexibility index (Phi) is 37.7. The number of nitrogens with two attached hydrogens (primary N) is 1. The number of rotatable bonds is 0. The third-order valence-electron chi connectivity index (χ3n) is 0. The molecule has 4 heteroatoms. The van der Waals surface area contributed by atoms with Crippen molar-refractivity contribution in [2.24, 2.45) is 5.73 Å². The Morgan fingerprint density at radius 2 is 1.57 bits per heavy atom. The van der Waals surface area contributed by atoms with Gasteiger partial charge in [0.05, 0.1) is 0 Å². The van der Waals surface area contributed by atoms with E-state index in [0.717, 1.165) is 0 Å². The van der Waals surface area contributed by atoms with Crippen LogP contribution in [0.1, 0.15) is 0 Å². The molecule has 0 bridgehead atoms. The van der Waals surface area contributed by atoms with Crippen LogP contribution in [-0.4, -0.2) is 10.3 Å². The molecule has 0 aromatic carbocycles. The van der Waals surface area contributed by atoms with E-state index in [0.29, 0.717) is 0 Å². The molecule has 0 heterocycles. The van der Waals surface area contributed by atoms with Gasteiger partial charge in [-0.3, -0.25) is 0 Å². The van der Waals surface area contributed by atoms with Crippen LogP contribution in [-0.2, 0) is 17.1 Å². The smallest absolute Gasteiger partial charge is 0.251 e. The predicted molar refractivity (Wildman–Crippen MR) is 30.7 cm³/mol. The maximum Gasteiger partial charge on any atom is 0.251 e. The normalized spacial score (nSPS) is 4.00. The van der Waals surface area contributed by atoms with Gasteiger partial charge in [0.2, 0.25) is 0 Å². The molecular formula is C3H7CuNOS. The van der Waals surface area contributed by atoms with E-state index in [9.17, 15) is 0 Å². The van der Waals surface area contributed by atoms with Crippen LogP contribution in [0.15, 0.2) is 13.2 Å². The van der Waals surface area contributed by atoms with E-state index in [1.54, 1.807) is 0 Å². The van der Waals surface area contributed by atoms with Crippen molar-refractivity contribution in [3.63, 3.8) is 0 Å². The van der Waals surface area contributed by atoms with Gasteiger partial charge in [0.15, 0.2) is 0 Å². The third-order valence-corrected chi connectivity index (χ3v) is 0. The van der Waals surface area contributed by atoms with Gasteiger partial charge in [-0.2, -0.15) is 0 Å². The Hall–Kier alpha value is -0.0505. The molecule has 0 fully saturated rings. The Labute approximate surface area is 58.9 Å². The van der Waals surface area contributed by atoms with E-state index in [4.69, 9.17) is 5.11 Å². The fourth-order valence-electron chi connectivity index (χ4n) is 0. The summed E-state index contributed by atoms with van der Waals surface area (Å²) in [6, 6.07) is 0. The summed E-state index contributed by atoms with van der Waals surface area (Å²) in [7, 11) is 0. The number of thiocarbonyl (C=S) groups is 1. The first-order valence-corrected chi connectivity index (χ1v) is 1.62. The number of aliphatic hydroxyl groups excluding tert-OH is 1. The van der Waals surface area contributed by atoms with Crippen molar-refractivity contribution in [1.82, 2.24) is 0 Å². The van der Waals surface area contributed by atoms with Gasteiger partial charge in [0.25, 0.3) is 5.17 Å². The molecule has 0 saturated heterocycles. The van der Waals surface area contributed by atoms with Crippen LogP contribution >= 0.6 is 12.2 Å². The minimum Gasteiger partial charge on any atom is -0.487 e. The van der Waals surface area contributed by atoms with Gasteiger partial charge in [-0.15, -0.1) is 13.2 Å². The molecule has 0 rings (SSSR count). The van der Waals surface area contributed by atoms with E-state index < -0.39 is 5.17 Å². The summed E-state index contributed by atoms with van der Waals surface area (Å²) < 4.78 is 0. The van der Waals surface area contributed by atoms with Crippen LogP contribution in [0.4, 0.5) is 0 Å². The van der Waals surface area contributed by atoms with Crippen molar-refractivity contribution in [2.45, 2.75) is 0 Å². The molecule has 0 aliphatic heterocycles. The summed E-state index contributed by atoms with van der Waals surface area (Å²) in [5, 5.41) is 7.06. The zero-order valence-corrected chi connectivity index (χ0v) is 5.41. The molecule has 7 heavy (non-hydrogen) atoms. The Balaban J connectivity index is -0.0000000480. The minimum atomic E-state index is -0.500. The Bertz CT molecular complexity index is 46.2. The van der Waals surface area contributed by atoms with Gasteiger partial charge in [-0.25, -0.2) is 0 Å². The van der Waals surface area contributed by atoms with Crippen LogP contribution < -0.4 is 5.73 Å². The van der Waals surface area contributed by atoms with Crippen molar-refractivity contribution in [1.29, 1.82) is 0 Å². The fraction of sp³-hybridized carbons (Fsp3) is 0. The summed E-state index contributed by atoms with van der Waals surface area (Å²) in [5.41, 5.74) is 4.40. The van der Waals surface area contributed by atoms with Crippen LogP contribution in [0.5, 0.6) is 0 Å². The number of hydrogen-bond donors (Lipinski definition) is 2. The summed E-state index contributed by atoms with van der Waals surface area (Å²) in [6.07, 6.45) is 0. The van der Waals surface area contributed by atoms with Crippen LogP contribution in [0, 0.1) is 0 Å². The average Bonchev–Trinajstić information content (AvgIpc) is 1.41. The Morgan fingerprint density at radius 1 is 1.57 bits per heavy atom. The SMILES string of the molecule is C=C.NC(O)=S.[Cu].